The van der Waals surface area contributed by atoms with E-state index in [1.54, 1.807) is 14.2 Å². The average Bonchev–Trinajstić information content (AvgIpc) is 2.29. The van der Waals surface area contributed by atoms with Crippen LogP contribution in [-0.2, 0) is 0 Å². The van der Waals surface area contributed by atoms with E-state index in [9.17, 15) is 0 Å². The molecular weight excluding hydrogens is 188 g/mol. The quantitative estimate of drug-likeness (QED) is 0.744. The highest BCUT2D eigenvalue weighted by Crippen LogP contribution is 2.29. The first-order chi connectivity index (χ1) is 7.26. The molecule has 0 bridgehead atoms. The van der Waals surface area contributed by atoms with Gasteiger partial charge in [-0.25, -0.2) is 0 Å². The maximum atomic E-state index is 5.28. The van der Waals surface area contributed by atoms with Gasteiger partial charge in [0.05, 0.1) is 14.2 Å². The van der Waals surface area contributed by atoms with Crippen molar-refractivity contribution in [1.29, 1.82) is 0 Å². The molecule has 0 N–H and O–H groups in total. The summed E-state index contributed by atoms with van der Waals surface area (Å²) in [6.07, 6.45) is 0. The molecule has 0 aromatic heterocycles. The number of rotatable bonds is 2. The first-order valence-electron chi connectivity index (χ1n) is 4.87. The fourth-order valence-corrected chi connectivity index (χ4v) is 1.79. The minimum absolute atomic E-state index is 0.882. The third kappa shape index (κ3) is 1.63. The minimum atomic E-state index is 0.882. The summed E-state index contributed by atoms with van der Waals surface area (Å²) in [7, 11) is 3.37. The molecule has 0 atom stereocenters. The van der Waals surface area contributed by atoms with Gasteiger partial charge in [-0.3, -0.25) is 0 Å². The molecule has 78 valence electrons. The lowest BCUT2D eigenvalue weighted by molar-refractivity contribution is 0.412. The molecule has 2 nitrogen and oxygen atoms in total. The largest absolute Gasteiger partial charge is 0.497 e. The lowest BCUT2D eigenvalue weighted by Crippen LogP contribution is -1.89. The van der Waals surface area contributed by atoms with Crippen molar-refractivity contribution in [2.24, 2.45) is 0 Å². The molecule has 0 radical (unpaired) electrons. The van der Waals surface area contributed by atoms with Crippen molar-refractivity contribution in [3.63, 3.8) is 0 Å². The van der Waals surface area contributed by atoms with E-state index in [1.165, 1.54) is 10.8 Å². The zero-order valence-electron chi connectivity index (χ0n) is 9.20. The van der Waals surface area contributed by atoms with Crippen LogP contribution in [0.4, 0.5) is 0 Å². The van der Waals surface area contributed by atoms with Crippen molar-refractivity contribution in [1.82, 2.24) is 0 Å². The second kappa shape index (κ2) is 3.81. The van der Waals surface area contributed by atoms with E-state index in [2.05, 4.69) is 13.0 Å². The second-order valence-electron chi connectivity index (χ2n) is 3.48. The van der Waals surface area contributed by atoms with Crippen LogP contribution < -0.4 is 9.47 Å². The molecule has 0 spiro atoms. The Labute approximate surface area is 89.4 Å². The van der Waals surface area contributed by atoms with Crippen LogP contribution in [0, 0.1) is 6.92 Å². The highest BCUT2D eigenvalue weighted by atomic mass is 16.5. The molecule has 0 amide bonds. The van der Waals surface area contributed by atoms with Gasteiger partial charge >= 0.3 is 0 Å². The fourth-order valence-electron chi connectivity index (χ4n) is 1.79. The minimum Gasteiger partial charge on any atom is -0.497 e. The Morgan fingerprint density at radius 2 is 1.73 bits per heavy atom. The third-order valence-corrected chi connectivity index (χ3v) is 2.67. The summed E-state index contributed by atoms with van der Waals surface area (Å²) in [5, 5.41) is 2.38. The van der Waals surface area contributed by atoms with Crippen LogP contribution in [-0.4, -0.2) is 14.2 Å². The third-order valence-electron chi connectivity index (χ3n) is 2.67. The second-order valence-corrected chi connectivity index (χ2v) is 3.48. The molecule has 0 saturated heterocycles. The number of aryl methyl sites for hydroxylation is 1. The van der Waals surface area contributed by atoms with Crippen LogP contribution in [0.3, 0.4) is 0 Å². The lowest BCUT2D eigenvalue weighted by atomic mass is 10.0. The molecule has 0 heterocycles. The highest BCUT2D eigenvalue weighted by molar-refractivity contribution is 5.88. The SMILES string of the molecule is COc1ccc2c(C)c(OC)ccc2c1. The van der Waals surface area contributed by atoms with Crippen molar-refractivity contribution in [2.75, 3.05) is 14.2 Å². The Balaban J connectivity index is 2.68. The number of methoxy groups -OCH3 is 2. The average molecular weight is 202 g/mol. The summed E-state index contributed by atoms with van der Waals surface area (Å²) in [6.45, 7) is 2.06. The van der Waals surface area contributed by atoms with Gasteiger partial charge in [0, 0.05) is 0 Å². The first-order valence-corrected chi connectivity index (χ1v) is 4.87. The van der Waals surface area contributed by atoms with E-state index in [-0.39, 0.29) is 0 Å². The number of ether oxygens (including phenoxy) is 2. The summed E-state index contributed by atoms with van der Waals surface area (Å²) >= 11 is 0. The fraction of sp³-hybridized carbons (Fsp3) is 0.231. The van der Waals surface area contributed by atoms with Crippen molar-refractivity contribution < 1.29 is 9.47 Å². The summed E-state index contributed by atoms with van der Waals surface area (Å²) in [5.41, 5.74) is 1.16. The normalized spacial score (nSPS) is 10.3. The summed E-state index contributed by atoms with van der Waals surface area (Å²) in [4.78, 5) is 0. The van der Waals surface area contributed by atoms with Crippen LogP contribution in [0.2, 0.25) is 0 Å². The van der Waals surface area contributed by atoms with Gasteiger partial charge in [0.1, 0.15) is 11.5 Å². The van der Waals surface area contributed by atoms with Gasteiger partial charge in [0.2, 0.25) is 0 Å². The Morgan fingerprint density at radius 3 is 2.40 bits per heavy atom. The van der Waals surface area contributed by atoms with E-state index < -0.39 is 0 Å². The molecule has 2 rings (SSSR count). The van der Waals surface area contributed by atoms with Crippen molar-refractivity contribution in [3.8, 4) is 11.5 Å². The van der Waals surface area contributed by atoms with E-state index in [4.69, 9.17) is 9.47 Å². The summed E-state index contributed by atoms with van der Waals surface area (Å²) in [6, 6.07) is 10.1. The van der Waals surface area contributed by atoms with E-state index in [0.717, 1.165) is 17.1 Å². The van der Waals surface area contributed by atoms with Crippen LogP contribution >= 0.6 is 0 Å². The number of benzene rings is 2. The zero-order chi connectivity index (χ0) is 10.8. The monoisotopic (exact) mass is 202 g/mol. The lowest BCUT2D eigenvalue weighted by Gasteiger charge is -2.09. The topological polar surface area (TPSA) is 18.5 Å². The Bertz CT molecular complexity index is 489. The Kier molecular flexibility index (Phi) is 2.50. The molecule has 0 fully saturated rings. The molecule has 2 aromatic carbocycles. The molecule has 2 heteroatoms. The predicted octanol–water partition coefficient (Wildman–Crippen LogP) is 3.17. The number of hydrogen-bond acceptors (Lipinski definition) is 2. The summed E-state index contributed by atoms with van der Waals surface area (Å²) < 4.78 is 10.5. The first kappa shape index (κ1) is 9.84. The van der Waals surface area contributed by atoms with E-state index >= 15 is 0 Å². The van der Waals surface area contributed by atoms with E-state index in [0.29, 0.717) is 0 Å². The molecule has 0 aliphatic rings. The van der Waals surface area contributed by atoms with Gasteiger partial charge < -0.3 is 9.47 Å². The molecule has 0 unspecified atom stereocenters. The van der Waals surface area contributed by atoms with Crippen LogP contribution in [0.15, 0.2) is 30.3 Å². The molecule has 2 aromatic rings. The van der Waals surface area contributed by atoms with Crippen molar-refractivity contribution >= 4 is 10.8 Å². The van der Waals surface area contributed by atoms with Gasteiger partial charge in [-0.1, -0.05) is 12.1 Å². The molecule has 15 heavy (non-hydrogen) atoms. The standard InChI is InChI=1S/C13H14O2/c1-9-12-6-5-11(14-2)8-10(12)4-7-13(9)15-3/h4-8H,1-3H3. The van der Waals surface area contributed by atoms with Gasteiger partial charge in [-0.2, -0.15) is 0 Å². The molecule has 0 aliphatic heterocycles. The zero-order valence-corrected chi connectivity index (χ0v) is 9.20. The van der Waals surface area contributed by atoms with Crippen LogP contribution in [0.25, 0.3) is 10.8 Å². The van der Waals surface area contributed by atoms with Gasteiger partial charge in [-0.15, -0.1) is 0 Å². The smallest absolute Gasteiger partial charge is 0.122 e. The molecular formula is C13H14O2. The number of hydrogen-bond donors (Lipinski definition) is 0. The Morgan fingerprint density at radius 1 is 0.933 bits per heavy atom. The maximum Gasteiger partial charge on any atom is 0.122 e. The van der Waals surface area contributed by atoms with E-state index in [1.807, 2.05) is 24.3 Å². The van der Waals surface area contributed by atoms with Gasteiger partial charge in [-0.05, 0) is 41.5 Å². The number of fused-ring (bicyclic) bond motifs is 1. The molecule has 0 saturated carbocycles. The van der Waals surface area contributed by atoms with Crippen LogP contribution in [0.1, 0.15) is 5.56 Å². The summed E-state index contributed by atoms with van der Waals surface area (Å²) in [5.74, 6) is 1.81. The van der Waals surface area contributed by atoms with Crippen molar-refractivity contribution in [2.45, 2.75) is 6.92 Å². The maximum absolute atomic E-state index is 5.28. The van der Waals surface area contributed by atoms with Crippen LogP contribution in [0.5, 0.6) is 11.5 Å². The van der Waals surface area contributed by atoms with Gasteiger partial charge in [0.15, 0.2) is 0 Å². The highest BCUT2D eigenvalue weighted by Gasteiger charge is 2.04. The predicted molar refractivity (Wildman–Crippen MR) is 61.8 cm³/mol. The molecule has 0 aliphatic carbocycles. The van der Waals surface area contributed by atoms with Crippen molar-refractivity contribution in [3.05, 3.63) is 35.9 Å². The van der Waals surface area contributed by atoms with Gasteiger partial charge in [0.25, 0.3) is 0 Å². The Hall–Kier alpha value is -1.70.